The molecule has 20 heavy (non-hydrogen) atoms. The van der Waals surface area contributed by atoms with Gasteiger partial charge in [0.15, 0.2) is 0 Å². The van der Waals surface area contributed by atoms with Crippen molar-refractivity contribution in [3.8, 4) is 5.69 Å². The fraction of sp³-hybridized carbons (Fsp3) is 0.200. The second-order valence-corrected chi connectivity index (χ2v) is 5.52. The normalized spacial score (nSPS) is 10.8. The molecule has 0 saturated heterocycles. The van der Waals surface area contributed by atoms with Gasteiger partial charge in [-0.25, -0.2) is 9.67 Å². The Balaban J connectivity index is 1.58. The minimum absolute atomic E-state index is 0.748. The first-order valence-corrected chi connectivity index (χ1v) is 7.41. The molecular weight excluding hydrogens is 268 g/mol. The Morgan fingerprint density at radius 3 is 2.75 bits per heavy atom. The molecule has 3 rings (SSSR count). The van der Waals surface area contributed by atoms with Crippen LogP contribution in [0.25, 0.3) is 5.69 Å². The Hall–Kier alpha value is -1.98. The van der Waals surface area contributed by atoms with Crippen LogP contribution in [0.2, 0.25) is 0 Å². The van der Waals surface area contributed by atoms with Crippen molar-refractivity contribution in [2.75, 3.05) is 0 Å². The minimum Gasteiger partial charge on any atom is -0.305 e. The van der Waals surface area contributed by atoms with Gasteiger partial charge in [-0.3, -0.25) is 0 Å². The number of para-hydroxylation sites is 1. The monoisotopic (exact) mass is 284 g/mol. The summed E-state index contributed by atoms with van der Waals surface area (Å²) in [4.78, 5) is 4.43. The molecule has 2 heterocycles. The van der Waals surface area contributed by atoms with E-state index in [0.29, 0.717) is 0 Å². The summed E-state index contributed by atoms with van der Waals surface area (Å²) < 4.78 is 1.89. The number of hydrogen-bond donors (Lipinski definition) is 1. The van der Waals surface area contributed by atoms with Crippen LogP contribution in [0, 0.1) is 6.92 Å². The lowest BCUT2D eigenvalue weighted by Crippen LogP contribution is -2.13. The topological polar surface area (TPSA) is 42.7 Å². The van der Waals surface area contributed by atoms with Gasteiger partial charge in [-0.1, -0.05) is 18.2 Å². The van der Waals surface area contributed by atoms with Crippen molar-refractivity contribution >= 4 is 11.3 Å². The van der Waals surface area contributed by atoms with E-state index in [2.05, 4.69) is 20.8 Å². The highest BCUT2D eigenvalue weighted by atomic mass is 32.1. The van der Waals surface area contributed by atoms with E-state index in [-0.39, 0.29) is 0 Å². The van der Waals surface area contributed by atoms with Gasteiger partial charge in [-0.05, 0) is 25.1 Å². The third-order valence-corrected chi connectivity index (χ3v) is 3.88. The number of aromatic nitrogens is 3. The van der Waals surface area contributed by atoms with Crippen molar-refractivity contribution in [1.82, 2.24) is 20.1 Å². The average Bonchev–Trinajstić information content (AvgIpc) is 3.09. The summed E-state index contributed by atoms with van der Waals surface area (Å²) in [5.74, 6) is 0. The van der Waals surface area contributed by atoms with Crippen LogP contribution in [0.3, 0.4) is 0 Å². The molecule has 0 spiro atoms. The third-order valence-electron chi connectivity index (χ3n) is 2.91. The first kappa shape index (κ1) is 13.0. The van der Waals surface area contributed by atoms with Gasteiger partial charge in [-0.15, -0.1) is 11.3 Å². The highest BCUT2D eigenvalue weighted by Gasteiger charge is 2.02. The molecule has 0 radical (unpaired) electrons. The first-order chi connectivity index (χ1) is 9.81. The molecule has 0 saturated carbocycles. The van der Waals surface area contributed by atoms with Crippen molar-refractivity contribution in [1.29, 1.82) is 0 Å². The standard InChI is InChI=1S/C15H16N4S/c1-12-11-20-15(17-12)10-16-9-13-7-8-19(18-13)14-5-3-2-4-6-14/h2-8,11,16H,9-10H2,1H3. The fourth-order valence-corrected chi connectivity index (χ4v) is 2.70. The van der Waals surface area contributed by atoms with Crippen LogP contribution in [0.1, 0.15) is 16.4 Å². The zero-order valence-electron chi connectivity index (χ0n) is 11.3. The Kier molecular flexibility index (Phi) is 3.90. The zero-order valence-corrected chi connectivity index (χ0v) is 12.1. The predicted molar refractivity (Wildman–Crippen MR) is 81.0 cm³/mol. The molecule has 4 nitrogen and oxygen atoms in total. The van der Waals surface area contributed by atoms with Gasteiger partial charge in [0.1, 0.15) is 5.01 Å². The van der Waals surface area contributed by atoms with Crippen molar-refractivity contribution in [2.24, 2.45) is 0 Å². The number of nitrogens with one attached hydrogen (secondary N) is 1. The minimum atomic E-state index is 0.748. The van der Waals surface area contributed by atoms with Gasteiger partial charge in [0.05, 0.1) is 11.4 Å². The molecule has 0 amide bonds. The van der Waals surface area contributed by atoms with Gasteiger partial charge in [0.2, 0.25) is 0 Å². The predicted octanol–water partition coefficient (Wildman–Crippen LogP) is 2.93. The third kappa shape index (κ3) is 3.12. The zero-order chi connectivity index (χ0) is 13.8. The van der Waals surface area contributed by atoms with Crippen LogP contribution in [-0.4, -0.2) is 14.8 Å². The molecule has 0 atom stereocenters. The van der Waals surface area contributed by atoms with Gasteiger partial charge >= 0.3 is 0 Å². The summed E-state index contributed by atoms with van der Waals surface area (Å²) in [7, 11) is 0. The van der Waals surface area contributed by atoms with E-state index in [1.54, 1.807) is 11.3 Å². The van der Waals surface area contributed by atoms with Crippen LogP contribution >= 0.6 is 11.3 Å². The van der Waals surface area contributed by atoms with Gasteiger partial charge in [0.25, 0.3) is 0 Å². The highest BCUT2D eigenvalue weighted by Crippen LogP contribution is 2.09. The average molecular weight is 284 g/mol. The van der Waals surface area contributed by atoms with Gasteiger partial charge in [0, 0.05) is 30.4 Å². The SMILES string of the molecule is Cc1csc(CNCc2ccn(-c3ccccc3)n2)n1. The molecule has 0 bridgehead atoms. The molecular formula is C15H16N4S. The molecule has 5 heteroatoms. The summed E-state index contributed by atoms with van der Waals surface area (Å²) in [6.07, 6.45) is 1.99. The van der Waals surface area contributed by atoms with Gasteiger partial charge in [-0.2, -0.15) is 5.10 Å². The summed E-state index contributed by atoms with van der Waals surface area (Å²) >= 11 is 1.69. The number of thiazole rings is 1. The summed E-state index contributed by atoms with van der Waals surface area (Å²) in [6.45, 7) is 3.55. The van der Waals surface area contributed by atoms with Gasteiger partial charge < -0.3 is 5.32 Å². The lowest BCUT2D eigenvalue weighted by molar-refractivity contribution is 0.666. The van der Waals surface area contributed by atoms with Crippen LogP contribution in [-0.2, 0) is 13.1 Å². The molecule has 2 aromatic heterocycles. The molecule has 0 unspecified atom stereocenters. The maximum atomic E-state index is 4.55. The van der Waals surface area contributed by atoms with Crippen molar-refractivity contribution < 1.29 is 0 Å². The molecule has 0 fully saturated rings. The van der Waals surface area contributed by atoms with Crippen LogP contribution in [0.15, 0.2) is 48.0 Å². The molecule has 3 aromatic rings. The lowest BCUT2D eigenvalue weighted by atomic mass is 10.3. The van der Waals surface area contributed by atoms with E-state index in [1.165, 1.54) is 0 Å². The Morgan fingerprint density at radius 1 is 1.15 bits per heavy atom. The van der Waals surface area contributed by atoms with Crippen LogP contribution in [0.4, 0.5) is 0 Å². The molecule has 0 aliphatic heterocycles. The van der Waals surface area contributed by atoms with Crippen molar-refractivity contribution in [2.45, 2.75) is 20.0 Å². The largest absolute Gasteiger partial charge is 0.305 e. The number of nitrogens with zero attached hydrogens (tertiary/aromatic N) is 3. The maximum Gasteiger partial charge on any atom is 0.107 e. The van der Waals surface area contributed by atoms with E-state index in [0.717, 1.165) is 35.2 Å². The van der Waals surface area contributed by atoms with Crippen molar-refractivity contribution in [3.05, 3.63) is 64.4 Å². The Morgan fingerprint density at radius 2 is 2.00 bits per heavy atom. The van der Waals surface area contributed by atoms with Crippen LogP contribution in [0.5, 0.6) is 0 Å². The van der Waals surface area contributed by atoms with E-state index in [4.69, 9.17) is 0 Å². The van der Waals surface area contributed by atoms with E-state index >= 15 is 0 Å². The van der Waals surface area contributed by atoms with Crippen molar-refractivity contribution in [3.63, 3.8) is 0 Å². The second kappa shape index (κ2) is 5.98. The quantitative estimate of drug-likeness (QED) is 0.783. The van der Waals surface area contributed by atoms with E-state index < -0.39 is 0 Å². The first-order valence-electron chi connectivity index (χ1n) is 6.53. The highest BCUT2D eigenvalue weighted by molar-refractivity contribution is 7.09. The maximum absolute atomic E-state index is 4.55. The molecule has 0 aliphatic carbocycles. The smallest absolute Gasteiger partial charge is 0.107 e. The summed E-state index contributed by atoms with van der Waals surface area (Å²) in [6, 6.07) is 12.2. The molecule has 0 aliphatic rings. The Labute approximate surface area is 122 Å². The fourth-order valence-electron chi connectivity index (χ4n) is 1.96. The lowest BCUT2D eigenvalue weighted by Gasteiger charge is -2.01. The number of hydrogen-bond acceptors (Lipinski definition) is 4. The number of benzene rings is 1. The second-order valence-electron chi connectivity index (χ2n) is 4.57. The molecule has 1 N–H and O–H groups in total. The summed E-state index contributed by atoms with van der Waals surface area (Å²) in [5, 5.41) is 11.1. The number of aryl methyl sites for hydroxylation is 1. The molecule has 102 valence electrons. The van der Waals surface area contributed by atoms with E-state index in [1.807, 2.05) is 54.2 Å². The van der Waals surface area contributed by atoms with E-state index in [9.17, 15) is 0 Å². The Bertz CT molecular complexity index is 672. The van der Waals surface area contributed by atoms with Crippen LogP contribution < -0.4 is 5.32 Å². The number of rotatable bonds is 5. The molecule has 1 aromatic carbocycles. The summed E-state index contributed by atoms with van der Waals surface area (Å²) in [5.41, 5.74) is 3.19.